The van der Waals surface area contributed by atoms with E-state index in [9.17, 15) is 20.4 Å². The van der Waals surface area contributed by atoms with Crippen molar-refractivity contribution >= 4 is 0 Å². The normalized spacial score (nSPS) is 13.1. The molecule has 4 aromatic carbocycles. The van der Waals surface area contributed by atoms with Gasteiger partial charge in [0.1, 0.15) is 17.2 Å². The van der Waals surface area contributed by atoms with Crippen LogP contribution in [0.2, 0.25) is 0 Å². The molecule has 0 saturated carbocycles. The first-order valence-corrected chi connectivity index (χ1v) is 10.9. The molecule has 0 atom stereocenters. The highest BCUT2D eigenvalue weighted by molar-refractivity contribution is 5.78. The van der Waals surface area contributed by atoms with E-state index in [4.69, 9.17) is 4.74 Å². The molecule has 0 spiro atoms. The molecular weight excluding hydrogens is 416 g/mol. The van der Waals surface area contributed by atoms with Gasteiger partial charge in [-0.25, -0.2) is 0 Å². The third-order valence-corrected chi connectivity index (χ3v) is 6.11. The summed E-state index contributed by atoms with van der Waals surface area (Å²) in [6.07, 6.45) is 2.60. The molecule has 8 rings (SSSR count). The molecule has 0 unspecified atom stereocenters. The Morgan fingerprint density at radius 3 is 2.06 bits per heavy atom. The van der Waals surface area contributed by atoms with Gasteiger partial charge in [-0.05, 0) is 84.3 Å². The fourth-order valence-electron chi connectivity index (χ4n) is 4.34. The van der Waals surface area contributed by atoms with E-state index in [0.717, 1.165) is 28.7 Å². The Morgan fingerprint density at radius 1 is 0.576 bits per heavy atom. The largest absolute Gasteiger partial charge is 0.507 e. The van der Waals surface area contributed by atoms with Crippen LogP contribution in [0.3, 0.4) is 0 Å². The Bertz CT molecular complexity index is 1330. The lowest BCUT2D eigenvalue weighted by atomic mass is 9.92. The molecule has 0 fully saturated rings. The van der Waals surface area contributed by atoms with Gasteiger partial charge in [0.15, 0.2) is 11.5 Å². The average Bonchev–Trinajstić information content (AvgIpc) is 2.80. The van der Waals surface area contributed by atoms with Crippen LogP contribution in [0.25, 0.3) is 11.1 Å². The summed E-state index contributed by atoms with van der Waals surface area (Å²) < 4.78 is 5.86. The van der Waals surface area contributed by atoms with Crippen molar-refractivity contribution in [3.05, 3.63) is 95.1 Å². The molecule has 4 aromatic rings. The third kappa shape index (κ3) is 4.17. The van der Waals surface area contributed by atoms with Crippen LogP contribution in [-0.2, 0) is 25.7 Å². The lowest BCUT2D eigenvalue weighted by Crippen LogP contribution is -1.97. The van der Waals surface area contributed by atoms with Crippen LogP contribution >= 0.6 is 0 Å². The van der Waals surface area contributed by atoms with Crippen molar-refractivity contribution in [3.63, 3.8) is 0 Å². The molecule has 166 valence electrons. The SMILES string of the molecule is Oc1cc2ccc1-c1c(O)cccc1CCc1ccc(cc1)Oc1cc(cc(O)c1O)CC2. The fourth-order valence-corrected chi connectivity index (χ4v) is 4.34. The Balaban J connectivity index is 1.61. The lowest BCUT2D eigenvalue weighted by molar-refractivity contribution is 0.372. The summed E-state index contributed by atoms with van der Waals surface area (Å²) in [6.45, 7) is 0. The van der Waals surface area contributed by atoms with E-state index in [1.54, 1.807) is 18.2 Å². The Kier molecular flexibility index (Phi) is 5.31. The molecule has 4 aliphatic rings. The van der Waals surface area contributed by atoms with E-state index in [0.29, 0.717) is 36.1 Å². The van der Waals surface area contributed by atoms with Crippen molar-refractivity contribution in [3.8, 4) is 45.6 Å². The number of aryl methyl sites for hydroxylation is 4. The van der Waals surface area contributed by atoms with Gasteiger partial charge >= 0.3 is 0 Å². The third-order valence-electron chi connectivity index (χ3n) is 6.11. The quantitative estimate of drug-likeness (QED) is 0.258. The molecule has 4 N–H and O–H groups in total. The molecule has 4 aliphatic heterocycles. The topological polar surface area (TPSA) is 90.2 Å². The van der Waals surface area contributed by atoms with Gasteiger partial charge < -0.3 is 25.2 Å². The highest BCUT2D eigenvalue weighted by Crippen LogP contribution is 2.41. The minimum atomic E-state index is -0.296. The van der Waals surface area contributed by atoms with Crippen molar-refractivity contribution in [2.75, 3.05) is 0 Å². The maximum absolute atomic E-state index is 10.8. The van der Waals surface area contributed by atoms with Gasteiger partial charge in [0, 0.05) is 11.1 Å². The Morgan fingerprint density at radius 2 is 1.27 bits per heavy atom. The number of hydrogen-bond acceptors (Lipinski definition) is 5. The summed E-state index contributed by atoms with van der Waals surface area (Å²) in [4.78, 5) is 0. The van der Waals surface area contributed by atoms with E-state index in [-0.39, 0.29) is 28.7 Å². The molecule has 0 saturated heterocycles. The van der Waals surface area contributed by atoms with Gasteiger partial charge in [-0.1, -0.05) is 36.4 Å². The molecule has 0 aliphatic carbocycles. The predicted molar refractivity (Wildman–Crippen MR) is 126 cm³/mol. The maximum atomic E-state index is 10.8. The molecule has 5 heteroatoms. The molecular formula is C28H24O5. The van der Waals surface area contributed by atoms with E-state index in [2.05, 4.69) is 0 Å². The summed E-state index contributed by atoms with van der Waals surface area (Å²) in [5.41, 5.74) is 4.99. The first-order valence-electron chi connectivity index (χ1n) is 10.9. The number of hydrogen-bond donors (Lipinski definition) is 4. The van der Waals surface area contributed by atoms with Crippen LogP contribution in [0, 0.1) is 0 Å². The van der Waals surface area contributed by atoms with Crippen LogP contribution in [0.4, 0.5) is 0 Å². The molecule has 4 heterocycles. The van der Waals surface area contributed by atoms with E-state index in [1.807, 2.05) is 48.5 Å². The zero-order valence-electron chi connectivity index (χ0n) is 18.0. The number of aromatic hydroxyl groups is 4. The second kappa shape index (κ2) is 8.43. The summed E-state index contributed by atoms with van der Waals surface area (Å²) >= 11 is 0. The smallest absolute Gasteiger partial charge is 0.201 e. The average molecular weight is 440 g/mol. The van der Waals surface area contributed by atoms with Crippen LogP contribution in [0.1, 0.15) is 22.3 Å². The summed E-state index contributed by atoms with van der Waals surface area (Å²) in [7, 11) is 0. The Labute approximate surface area is 191 Å². The van der Waals surface area contributed by atoms with Crippen molar-refractivity contribution in [1.82, 2.24) is 0 Å². The zero-order valence-corrected chi connectivity index (χ0v) is 18.0. The first-order chi connectivity index (χ1) is 16.0. The molecule has 6 bridgehead atoms. The number of benzene rings is 4. The van der Waals surface area contributed by atoms with Crippen molar-refractivity contribution in [1.29, 1.82) is 0 Å². The lowest BCUT2D eigenvalue weighted by Gasteiger charge is -2.15. The van der Waals surface area contributed by atoms with E-state index in [1.165, 1.54) is 6.07 Å². The van der Waals surface area contributed by atoms with Gasteiger partial charge in [-0.15, -0.1) is 0 Å². The highest BCUT2D eigenvalue weighted by atomic mass is 16.5. The molecule has 0 radical (unpaired) electrons. The van der Waals surface area contributed by atoms with Crippen LogP contribution < -0.4 is 4.74 Å². The number of rotatable bonds is 0. The first kappa shape index (κ1) is 20.8. The zero-order chi connectivity index (χ0) is 22.9. The molecule has 0 aromatic heterocycles. The van der Waals surface area contributed by atoms with Gasteiger partial charge in [0.25, 0.3) is 0 Å². The van der Waals surface area contributed by atoms with Gasteiger partial charge in [0.05, 0.1) is 0 Å². The van der Waals surface area contributed by atoms with Crippen LogP contribution in [0.5, 0.6) is 34.5 Å². The molecule has 5 nitrogen and oxygen atoms in total. The number of ether oxygens (including phenoxy) is 1. The summed E-state index contributed by atoms with van der Waals surface area (Å²) in [6, 6.07) is 21.7. The number of phenolic OH excluding ortho intramolecular Hbond substituents is 4. The van der Waals surface area contributed by atoms with Gasteiger partial charge in [-0.2, -0.15) is 0 Å². The van der Waals surface area contributed by atoms with Crippen molar-refractivity contribution < 1.29 is 25.2 Å². The summed E-state index contributed by atoms with van der Waals surface area (Å²) in [5.74, 6) is 0.472. The van der Waals surface area contributed by atoms with Gasteiger partial charge in [0.2, 0.25) is 5.75 Å². The van der Waals surface area contributed by atoms with Crippen LogP contribution in [-0.4, -0.2) is 20.4 Å². The minimum absolute atomic E-state index is 0.110. The van der Waals surface area contributed by atoms with Crippen molar-refractivity contribution in [2.24, 2.45) is 0 Å². The standard InChI is InChI=1S/C28H24O5/c29-23-3-1-2-20-10-6-17-7-11-21(12-8-17)33-26-16-19(15-25(31)28(26)32)5-4-18-9-13-22(27(20)23)24(30)14-18/h1-3,7-9,11-16,29-32H,4-6,10H2. The summed E-state index contributed by atoms with van der Waals surface area (Å²) in [5, 5.41) is 41.9. The predicted octanol–water partition coefficient (Wildman–Crippen LogP) is 5.85. The van der Waals surface area contributed by atoms with Crippen LogP contribution in [0.15, 0.2) is 72.8 Å². The Hall–Kier alpha value is -4.12. The second-order valence-electron chi connectivity index (χ2n) is 8.37. The van der Waals surface area contributed by atoms with Gasteiger partial charge in [-0.3, -0.25) is 0 Å². The van der Waals surface area contributed by atoms with Crippen molar-refractivity contribution in [2.45, 2.75) is 25.7 Å². The monoisotopic (exact) mass is 440 g/mol. The van der Waals surface area contributed by atoms with E-state index < -0.39 is 0 Å². The number of phenols is 4. The minimum Gasteiger partial charge on any atom is -0.507 e. The fraction of sp³-hybridized carbons (Fsp3) is 0.143. The molecule has 0 amide bonds. The maximum Gasteiger partial charge on any atom is 0.201 e. The second-order valence-corrected chi connectivity index (χ2v) is 8.37. The van der Waals surface area contributed by atoms with E-state index >= 15 is 0 Å². The highest BCUT2D eigenvalue weighted by Gasteiger charge is 2.16. The molecule has 33 heavy (non-hydrogen) atoms.